The summed E-state index contributed by atoms with van der Waals surface area (Å²) in [6.45, 7) is 3.80. The number of fused-ring (bicyclic) bond motifs is 1. The standard InChI is InChI=1S/C25H24Cl3N3O4/c1-15(2)11-22(33)30-24(25(26,27)28)35-19-9-7-16(8-10-19)14-29-31-23(34)20-12-17-5-3-4-6-18(17)13-21(20)32/h3-10,12-15,24,32H,11H2,1-2H3,(H,30,33)(H,31,34)/b29-14-/t24-/m0/s1. The fourth-order valence-electron chi connectivity index (χ4n) is 3.16. The van der Waals surface area contributed by atoms with Gasteiger partial charge in [-0.1, -0.05) is 72.9 Å². The summed E-state index contributed by atoms with van der Waals surface area (Å²) < 4.78 is 3.78. The molecule has 2 amide bonds. The van der Waals surface area contributed by atoms with Gasteiger partial charge < -0.3 is 15.2 Å². The normalized spacial score (nSPS) is 12.6. The summed E-state index contributed by atoms with van der Waals surface area (Å²) in [5.41, 5.74) is 3.16. The summed E-state index contributed by atoms with van der Waals surface area (Å²) >= 11 is 17.9. The van der Waals surface area contributed by atoms with Gasteiger partial charge in [0, 0.05) is 6.42 Å². The fourth-order valence-corrected chi connectivity index (χ4v) is 3.46. The molecule has 3 aromatic rings. The summed E-state index contributed by atoms with van der Waals surface area (Å²) in [5.74, 6) is -0.494. The highest BCUT2D eigenvalue weighted by atomic mass is 35.6. The molecule has 0 heterocycles. The Kier molecular flexibility index (Phi) is 8.83. The number of alkyl halides is 3. The van der Waals surface area contributed by atoms with E-state index in [4.69, 9.17) is 39.5 Å². The van der Waals surface area contributed by atoms with E-state index in [2.05, 4.69) is 15.8 Å². The number of benzene rings is 3. The molecule has 7 nitrogen and oxygen atoms in total. The second kappa shape index (κ2) is 11.6. The largest absolute Gasteiger partial charge is 0.507 e. The number of amides is 2. The van der Waals surface area contributed by atoms with Crippen LogP contribution in [0.25, 0.3) is 10.8 Å². The van der Waals surface area contributed by atoms with Gasteiger partial charge in [-0.05, 0) is 58.7 Å². The molecular formula is C25H24Cl3N3O4. The van der Waals surface area contributed by atoms with Gasteiger partial charge in [0.05, 0.1) is 11.8 Å². The first-order chi connectivity index (χ1) is 16.5. The van der Waals surface area contributed by atoms with Gasteiger partial charge in [0.25, 0.3) is 5.91 Å². The van der Waals surface area contributed by atoms with Crippen LogP contribution >= 0.6 is 34.8 Å². The molecule has 3 rings (SSSR count). The molecule has 0 unspecified atom stereocenters. The first-order valence-corrected chi connectivity index (χ1v) is 11.8. The van der Waals surface area contributed by atoms with Gasteiger partial charge in [-0.2, -0.15) is 5.10 Å². The van der Waals surface area contributed by atoms with Crippen molar-refractivity contribution in [2.75, 3.05) is 0 Å². The van der Waals surface area contributed by atoms with Crippen molar-refractivity contribution in [3.63, 3.8) is 0 Å². The molecule has 0 bridgehead atoms. The van der Waals surface area contributed by atoms with E-state index in [9.17, 15) is 14.7 Å². The Morgan fingerprint density at radius 1 is 1.06 bits per heavy atom. The molecule has 0 saturated carbocycles. The average molecular weight is 537 g/mol. The predicted octanol–water partition coefficient (Wildman–Crippen LogP) is 5.55. The number of nitrogens with one attached hydrogen (secondary N) is 2. The number of ether oxygens (including phenoxy) is 1. The van der Waals surface area contributed by atoms with Gasteiger partial charge in [0.1, 0.15) is 11.5 Å². The number of hydrazone groups is 1. The first-order valence-electron chi connectivity index (χ1n) is 10.7. The molecule has 0 aliphatic rings. The van der Waals surface area contributed by atoms with E-state index in [1.807, 2.05) is 38.1 Å². The van der Waals surface area contributed by atoms with Crippen molar-refractivity contribution in [3.8, 4) is 11.5 Å². The first kappa shape index (κ1) is 26.6. The lowest BCUT2D eigenvalue weighted by molar-refractivity contribution is -0.124. The maximum Gasteiger partial charge on any atom is 0.275 e. The fraction of sp³-hybridized carbons (Fsp3) is 0.240. The van der Waals surface area contributed by atoms with Crippen LogP contribution in [-0.2, 0) is 4.79 Å². The van der Waals surface area contributed by atoms with Gasteiger partial charge in [-0.3, -0.25) is 9.59 Å². The Hall–Kier alpha value is -3.00. The Morgan fingerprint density at radius 3 is 2.29 bits per heavy atom. The number of nitrogens with zero attached hydrogens (tertiary/aromatic N) is 1. The zero-order valence-corrected chi connectivity index (χ0v) is 21.2. The van der Waals surface area contributed by atoms with E-state index < -0.39 is 15.9 Å². The van der Waals surface area contributed by atoms with E-state index in [1.165, 1.54) is 12.3 Å². The van der Waals surface area contributed by atoms with Gasteiger partial charge in [0.2, 0.25) is 15.9 Å². The number of rotatable bonds is 8. The van der Waals surface area contributed by atoms with Crippen LogP contribution in [0.3, 0.4) is 0 Å². The van der Waals surface area contributed by atoms with Gasteiger partial charge in [0.15, 0.2) is 0 Å². The van der Waals surface area contributed by atoms with Gasteiger partial charge in [-0.25, -0.2) is 5.43 Å². The number of aromatic hydroxyl groups is 1. The molecule has 1 atom stereocenters. The van der Waals surface area contributed by atoms with Crippen molar-refractivity contribution >= 4 is 63.6 Å². The number of halogens is 3. The highest BCUT2D eigenvalue weighted by Gasteiger charge is 2.36. The van der Waals surface area contributed by atoms with E-state index in [1.54, 1.807) is 30.3 Å². The molecule has 0 aliphatic carbocycles. The minimum Gasteiger partial charge on any atom is -0.507 e. The van der Waals surface area contributed by atoms with Crippen LogP contribution in [0.2, 0.25) is 0 Å². The van der Waals surface area contributed by atoms with Gasteiger partial charge >= 0.3 is 0 Å². The lowest BCUT2D eigenvalue weighted by Gasteiger charge is -2.26. The van der Waals surface area contributed by atoms with Crippen molar-refractivity contribution in [2.24, 2.45) is 11.0 Å². The molecule has 0 saturated heterocycles. The topological polar surface area (TPSA) is 100 Å². The van der Waals surface area contributed by atoms with E-state index in [-0.39, 0.29) is 29.6 Å². The number of phenols is 1. The SMILES string of the molecule is CC(C)CC(=O)N[C@@H](Oc1ccc(/C=N\NC(=O)c2cc3ccccc3cc2O)cc1)C(Cl)(Cl)Cl. The quantitative estimate of drug-likeness (QED) is 0.152. The number of hydrogen-bond acceptors (Lipinski definition) is 5. The van der Waals surface area contributed by atoms with Crippen molar-refractivity contribution in [1.82, 2.24) is 10.7 Å². The third-order valence-corrected chi connectivity index (χ3v) is 5.40. The minimum atomic E-state index is -1.88. The maximum atomic E-state index is 12.4. The van der Waals surface area contributed by atoms with E-state index in [0.29, 0.717) is 11.3 Å². The molecule has 0 aliphatic heterocycles. The Bertz CT molecular complexity index is 1220. The summed E-state index contributed by atoms with van der Waals surface area (Å²) in [4.78, 5) is 24.5. The number of phenolic OH excluding ortho intramolecular Hbond substituents is 1. The summed E-state index contributed by atoms with van der Waals surface area (Å²) in [6, 6.07) is 17.1. The second-order valence-electron chi connectivity index (χ2n) is 8.19. The van der Waals surface area contributed by atoms with E-state index >= 15 is 0 Å². The molecule has 0 radical (unpaired) electrons. The van der Waals surface area contributed by atoms with Crippen LogP contribution in [0.5, 0.6) is 11.5 Å². The third-order valence-electron chi connectivity index (χ3n) is 4.81. The third kappa shape index (κ3) is 7.75. The zero-order valence-electron chi connectivity index (χ0n) is 19.0. The van der Waals surface area contributed by atoms with Crippen molar-refractivity contribution < 1.29 is 19.4 Å². The van der Waals surface area contributed by atoms with Crippen LogP contribution in [0.4, 0.5) is 0 Å². The molecule has 0 spiro atoms. The van der Waals surface area contributed by atoms with Crippen LogP contribution < -0.4 is 15.5 Å². The zero-order chi connectivity index (χ0) is 25.6. The molecular weight excluding hydrogens is 513 g/mol. The number of carbonyl (C=O) groups is 2. The number of hydrogen-bond donors (Lipinski definition) is 3. The molecule has 10 heteroatoms. The van der Waals surface area contributed by atoms with Gasteiger partial charge in [-0.15, -0.1) is 0 Å². The molecule has 0 aromatic heterocycles. The maximum absolute atomic E-state index is 12.4. The average Bonchev–Trinajstić information content (AvgIpc) is 2.78. The summed E-state index contributed by atoms with van der Waals surface area (Å²) in [5, 5.41) is 18.3. The highest BCUT2D eigenvalue weighted by molar-refractivity contribution is 6.68. The molecule has 184 valence electrons. The molecule has 3 N–H and O–H groups in total. The summed E-state index contributed by atoms with van der Waals surface area (Å²) in [7, 11) is 0. The minimum absolute atomic E-state index is 0.113. The summed E-state index contributed by atoms with van der Waals surface area (Å²) in [6.07, 6.45) is 0.502. The Balaban J connectivity index is 1.62. The van der Waals surface area contributed by atoms with E-state index in [0.717, 1.165) is 10.8 Å². The lowest BCUT2D eigenvalue weighted by Crippen LogP contribution is -2.48. The molecule has 3 aromatic carbocycles. The second-order valence-corrected chi connectivity index (χ2v) is 10.6. The van der Waals surface area contributed by atoms with Crippen molar-refractivity contribution in [1.29, 1.82) is 0 Å². The monoisotopic (exact) mass is 535 g/mol. The van der Waals surface area contributed by atoms with Crippen LogP contribution in [-0.4, -0.2) is 33.2 Å². The molecule has 35 heavy (non-hydrogen) atoms. The van der Waals surface area contributed by atoms with Crippen molar-refractivity contribution in [2.45, 2.75) is 30.3 Å². The van der Waals surface area contributed by atoms with Crippen LogP contribution in [0, 0.1) is 5.92 Å². The number of carbonyl (C=O) groups excluding carboxylic acids is 2. The predicted molar refractivity (Wildman–Crippen MR) is 139 cm³/mol. The van der Waals surface area contributed by atoms with Crippen molar-refractivity contribution in [3.05, 3.63) is 71.8 Å². The Morgan fingerprint density at radius 2 is 1.69 bits per heavy atom. The molecule has 0 fully saturated rings. The lowest BCUT2D eigenvalue weighted by atomic mass is 10.1. The van der Waals surface area contributed by atoms with Crippen LogP contribution in [0.1, 0.15) is 36.2 Å². The highest BCUT2D eigenvalue weighted by Crippen LogP contribution is 2.32. The Labute approximate surface area is 218 Å². The van der Waals surface area contributed by atoms with Crippen LogP contribution in [0.15, 0.2) is 65.8 Å². The smallest absolute Gasteiger partial charge is 0.275 e.